The van der Waals surface area contributed by atoms with E-state index in [1.54, 1.807) is 21.3 Å². The van der Waals surface area contributed by atoms with E-state index in [4.69, 9.17) is 42.6 Å². The minimum atomic E-state index is -0.627. The van der Waals surface area contributed by atoms with Crippen LogP contribution in [0.4, 0.5) is 0 Å². The molecule has 0 saturated carbocycles. The summed E-state index contributed by atoms with van der Waals surface area (Å²) in [6.07, 6.45) is -2.76. The molecule has 242 valence electrons. The fourth-order valence-electron chi connectivity index (χ4n) is 6.40. The molecular formula is C36H44O9. The summed E-state index contributed by atoms with van der Waals surface area (Å²) in [6, 6.07) is 23.4. The third kappa shape index (κ3) is 6.84. The van der Waals surface area contributed by atoms with Crippen molar-refractivity contribution in [3.63, 3.8) is 0 Å². The van der Waals surface area contributed by atoms with Gasteiger partial charge in [-0.2, -0.15) is 0 Å². The van der Waals surface area contributed by atoms with Gasteiger partial charge in [-0.25, -0.2) is 0 Å². The van der Waals surface area contributed by atoms with Gasteiger partial charge >= 0.3 is 0 Å². The van der Waals surface area contributed by atoms with E-state index in [0.29, 0.717) is 13.2 Å². The van der Waals surface area contributed by atoms with Crippen molar-refractivity contribution in [3.8, 4) is 17.2 Å². The van der Waals surface area contributed by atoms with Crippen molar-refractivity contribution in [2.75, 3.05) is 34.5 Å². The highest BCUT2D eigenvalue weighted by Gasteiger charge is 2.50. The average Bonchev–Trinajstić information content (AvgIpc) is 3.09. The molecule has 0 bridgehead atoms. The summed E-state index contributed by atoms with van der Waals surface area (Å²) in [5.74, 6) is 2.44. The van der Waals surface area contributed by atoms with Gasteiger partial charge in [0.05, 0.1) is 59.0 Å². The molecule has 3 aliphatic rings. The van der Waals surface area contributed by atoms with Crippen LogP contribution in [0.25, 0.3) is 0 Å². The lowest BCUT2D eigenvalue weighted by Gasteiger charge is -2.50. The second kappa shape index (κ2) is 14.1. The molecule has 10 atom stereocenters. The summed E-state index contributed by atoms with van der Waals surface area (Å²) in [4.78, 5) is 0. The standard InChI is InChI=1S/C36H44O9/c1-21-19-40-34(24-7-13-27(37-4)14-8-24)42-30(21)32-23(3)33(45-36(44-32)26-11-17-29(39-6)18-12-26)31-22(2)20-41-35(43-31)25-9-15-28(38-5)16-10-25/h7-18,21-23,30-36H,19-20H2,1-6H3/t21-,22+,23?,30-,31+,32-,33+,34-,35+,36?. The van der Waals surface area contributed by atoms with E-state index in [1.807, 2.05) is 72.8 Å². The lowest BCUT2D eigenvalue weighted by molar-refractivity contribution is -0.356. The van der Waals surface area contributed by atoms with Gasteiger partial charge in [0, 0.05) is 34.4 Å². The zero-order valence-electron chi connectivity index (χ0n) is 26.8. The van der Waals surface area contributed by atoms with Crippen LogP contribution in [-0.2, 0) is 28.4 Å². The molecule has 0 N–H and O–H groups in total. The Kier molecular flexibility index (Phi) is 9.94. The third-order valence-electron chi connectivity index (χ3n) is 9.11. The first-order valence-electron chi connectivity index (χ1n) is 15.7. The number of ether oxygens (including phenoxy) is 9. The monoisotopic (exact) mass is 620 g/mol. The minimum Gasteiger partial charge on any atom is -0.497 e. The Morgan fingerprint density at radius 3 is 1.09 bits per heavy atom. The predicted octanol–water partition coefficient (Wildman–Crippen LogP) is 6.63. The molecule has 3 aliphatic heterocycles. The highest BCUT2D eigenvalue weighted by molar-refractivity contribution is 5.30. The van der Waals surface area contributed by atoms with Crippen molar-refractivity contribution in [2.45, 2.75) is 64.1 Å². The molecule has 3 heterocycles. The number of benzene rings is 3. The van der Waals surface area contributed by atoms with Gasteiger partial charge in [0.15, 0.2) is 18.9 Å². The fraction of sp³-hybridized carbons (Fsp3) is 0.500. The van der Waals surface area contributed by atoms with Crippen molar-refractivity contribution in [2.24, 2.45) is 17.8 Å². The smallest absolute Gasteiger partial charge is 0.184 e. The molecule has 0 aliphatic carbocycles. The van der Waals surface area contributed by atoms with Gasteiger partial charge in [-0.3, -0.25) is 0 Å². The van der Waals surface area contributed by atoms with Crippen LogP contribution in [0, 0.1) is 17.8 Å². The molecule has 2 unspecified atom stereocenters. The second-order valence-corrected chi connectivity index (χ2v) is 12.2. The molecule has 9 nitrogen and oxygen atoms in total. The van der Waals surface area contributed by atoms with E-state index in [0.717, 1.165) is 33.9 Å². The maximum atomic E-state index is 6.82. The predicted molar refractivity (Wildman–Crippen MR) is 166 cm³/mol. The molecule has 3 fully saturated rings. The summed E-state index contributed by atoms with van der Waals surface area (Å²) in [6.45, 7) is 7.53. The average molecular weight is 621 g/mol. The fourth-order valence-corrected chi connectivity index (χ4v) is 6.40. The Balaban J connectivity index is 1.29. The van der Waals surface area contributed by atoms with Crippen LogP contribution in [-0.4, -0.2) is 59.0 Å². The molecule has 0 spiro atoms. The third-order valence-corrected chi connectivity index (χ3v) is 9.11. The van der Waals surface area contributed by atoms with Crippen LogP contribution < -0.4 is 14.2 Å². The maximum Gasteiger partial charge on any atom is 0.184 e. The summed E-state index contributed by atoms with van der Waals surface area (Å²) < 4.78 is 55.5. The van der Waals surface area contributed by atoms with Crippen molar-refractivity contribution < 1.29 is 42.6 Å². The highest BCUT2D eigenvalue weighted by atomic mass is 16.7. The van der Waals surface area contributed by atoms with Crippen molar-refractivity contribution in [1.82, 2.24) is 0 Å². The Morgan fingerprint density at radius 2 is 0.756 bits per heavy atom. The number of methoxy groups -OCH3 is 3. The molecule has 0 amide bonds. The molecule has 9 heteroatoms. The Labute approximate surface area is 265 Å². The lowest BCUT2D eigenvalue weighted by Crippen LogP contribution is -2.57. The molecule has 3 aromatic rings. The molecular weight excluding hydrogens is 576 g/mol. The molecule has 0 radical (unpaired) electrons. The van der Waals surface area contributed by atoms with Gasteiger partial charge in [-0.05, 0) is 36.4 Å². The number of hydrogen-bond acceptors (Lipinski definition) is 9. The van der Waals surface area contributed by atoms with Crippen molar-refractivity contribution in [1.29, 1.82) is 0 Å². The second-order valence-electron chi connectivity index (χ2n) is 12.2. The van der Waals surface area contributed by atoms with Gasteiger partial charge in [-0.1, -0.05) is 57.2 Å². The zero-order valence-corrected chi connectivity index (χ0v) is 26.8. The van der Waals surface area contributed by atoms with E-state index in [1.165, 1.54) is 0 Å². The van der Waals surface area contributed by atoms with Crippen LogP contribution in [0.5, 0.6) is 17.2 Å². The summed E-state index contributed by atoms with van der Waals surface area (Å²) >= 11 is 0. The maximum absolute atomic E-state index is 6.82. The van der Waals surface area contributed by atoms with Gasteiger partial charge in [0.2, 0.25) is 0 Å². The lowest BCUT2D eigenvalue weighted by atomic mass is 9.82. The molecule has 45 heavy (non-hydrogen) atoms. The van der Waals surface area contributed by atoms with Crippen molar-refractivity contribution >= 4 is 0 Å². The molecule has 0 aromatic heterocycles. The first-order valence-corrected chi connectivity index (χ1v) is 15.7. The highest BCUT2D eigenvalue weighted by Crippen LogP contribution is 2.45. The van der Waals surface area contributed by atoms with Gasteiger partial charge in [-0.15, -0.1) is 0 Å². The minimum absolute atomic E-state index is 0.0661. The topological polar surface area (TPSA) is 83.1 Å². The SMILES string of the molecule is COc1ccc(C2O[C@@H]([C@@H]3O[C@H](c4ccc(OC)cc4)OC[C@H]3C)C(C)[C@@H]([C@H]3O[C@@H](c4ccc(OC)cc4)OC[C@@H]3C)O2)cc1. The van der Waals surface area contributed by atoms with Gasteiger partial charge < -0.3 is 42.6 Å². The van der Waals surface area contributed by atoms with E-state index in [-0.39, 0.29) is 42.2 Å². The quantitative estimate of drug-likeness (QED) is 0.276. The number of hydrogen-bond donors (Lipinski definition) is 0. The van der Waals surface area contributed by atoms with Crippen LogP contribution in [0.3, 0.4) is 0 Å². The Morgan fingerprint density at radius 1 is 0.444 bits per heavy atom. The molecule has 6 rings (SSSR count). The van der Waals surface area contributed by atoms with E-state index in [2.05, 4.69) is 20.8 Å². The Bertz CT molecular complexity index is 1280. The largest absolute Gasteiger partial charge is 0.497 e. The van der Waals surface area contributed by atoms with Gasteiger partial charge in [0.1, 0.15) is 17.2 Å². The normalized spacial score (nSPS) is 33.7. The zero-order chi connectivity index (χ0) is 31.5. The summed E-state index contributed by atoms with van der Waals surface area (Å²) in [7, 11) is 4.97. The van der Waals surface area contributed by atoms with E-state index < -0.39 is 18.9 Å². The molecule has 3 aromatic carbocycles. The Hall–Kier alpha value is -3.18. The van der Waals surface area contributed by atoms with E-state index >= 15 is 0 Å². The van der Waals surface area contributed by atoms with Crippen LogP contribution in [0.2, 0.25) is 0 Å². The summed E-state index contributed by atoms with van der Waals surface area (Å²) in [5, 5.41) is 0. The number of rotatable bonds is 8. The van der Waals surface area contributed by atoms with Gasteiger partial charge in [0.25, 0.3) is 0 Å². The van der Waals surface area contributed by atoms with Crippen molar-refractivity contribution in [3.05, 3.63) is 89.5 Å². The first kappa shape index (κ1) is 31.8. The summed E-state index contributed by atoms with van der Waals surface area (Å²) in [5.41, 5.74) is 2.76. The first-order chi connectivity index (χ1) is 21.9. The van der Waals surface area contributed by atoms with Crippen LogP contribution >= 0.6 is 0 Å². The van der Waals surface area contributed by atoms with Crippen LogP contribution in [0.15, 0.2) is 72.8 Å². The van der Waals surface area contributed by atoms with E-state index in [9.17, 15) is 0 Å². The van der Waals surface area contributed by atoms with Crippen LogP contribution in [0.1, 0.15) is 56.3 Å². The molecule has 3 saturated heterocycles.